The monoisotopic (exact) mass is 307 g/mol. The number of hydrogen-bond acceptors (Lipinski definition) is 2. The van der Waals surface area contributed by atoms with Gasteiger partial charge in [0.1, 0.15) is 0 Å². The van der Waals surface area contributed by atoms with E-state index in [-0.39, 0.29) is 12.1 Å². The van der Waals surface area contributed by atoms with Crippen molar-refractivity contribution in [2.24, 2.45) is 0 Å². The van der Waals surface area contributed by atoms with Crippen LogP contribution in [0.1, 0.15) is 44.6 Å². The first-order chi connectivity index (χ1) is 10.0. The molecule has 116 valence electrons. The molecule has 3 nitrogen and oxygen atoms in total. The lowest BCUT2D eigenvalue weighted by atomic mass is 10.1. The highest BCUT2D eigenvalue weighted by Crippen LogP contribution is 2.34. The van der Waals surface area contributed by atoms with Gasteiger partial charge in [-0.1, -0.05) is 43.5 Å². The van der Waals surface area contributed by atoms with Crippen LogP contribution in [-0.4, -0.2) is 24.8 Å². The van der Waals surface area contributed by atoms with E-state index in [4.69, 9.17) is 0 Å². The van der Waals surface area contributed by atoms with E-state index in [0.717, 1.165) is 37.7 Å². The summed E-state index contributed by atoms with van der Waals surface area (Å²) in [5.74, 6) is 0. The second kappa shape index (κ2) is 6.75. The van der Waals surface area contributed by atoms with E-state index in [9.17, 15) is 8.42 Å². The van der Waals surface area contributed by atoms with Crippen LogP contribution in [-0.2, 0) is 10.0 Å². The van der Waals surface area contributed by atoms with Gasteiger partial charge in [0.2, 0.25) is 10.0 Å². The van der Waals surface area contributed by atoms with Crippen molar-refractivity contribution in [3.8, 4) is 0 Å². The van der Waals surface area contributed by atoms with Gasteiger partial charge in [-0.15, -0.1) is 6.58 Å². The smallest absolute Gasteiger partial charge is 0.207 e. The molecule has 1 heterocycles. The summed E-state index contributed by atoms with van der Waals surface area (Å²) in [6.45, 7) is 7.92. The minimum atomic E-state index is -3.43. The first-order valence-corrected chi connectivity index (χ1v) is 9.17. The number of rotatable bonds is 6. The summed E-state index contributed by atoms with van der Waals surface area (Å²) in [6, 6.07) is 7.16. The second-order valence-corrected chi connectivity index (χ2v) is 7.67. The maximum absolute atomic E-state index is 13.0. The zero-order valence-electron chi connectivity index (χ0n) is 13.0. The molecule has 1 aromatic rings. The number of sulfonamides is 1. The van der Waals surface area contributed by atoms with E-state index >= 15 is 0 Å². The van der Waals surface area contributed by atoms with E-state index in [2.05, 4.69) is 13.5 Å². The maximum atomic E-state index is 13.0. The van der Waals surface area contributed by atoms with Gasteiger partial charge in [-0.3, -0.25) is 0 Å². The Morgan fingerprint density at radius 3 is 2.52 bits per heavy atom. The lowest BCUT2D eigenvalue weighted by molar-refractivity contribution is 0.333. The van der Waals surface area contributed by atoms with Crippen molar-refractivity contribution in [3.63, 3.8) is 0 Å². The van der Waals surface area contributed by atoms with Gasteiger partial charge in [-0.25, -0.2) is 8.42 Å². The molecule has 0 N–H and O–H groups in total. The molecule has 0 bridgehead atoms. The quantitative estimate of drug-likeness (QED) is 0.748. The minimum Gasteiger partial charge on any atom is -0.207 e. The topological polar surface area (TPSA) is 37.4 Å². The summed E-state index contributed by atoms with van der Waals surface area (Å²) in [6.07, 6.45) is 6.68. The van der Waals surface area contributed by atoms with Crippen LogP contribution < -0.4 is 0 Å². The molecule has 0 saturated carbocycles. The van der Waals surface area contributed by atoms with Crippen LogP contribution in [0.15, 0.2) is 41.8 Å². The zero-order valence-corrected chi connectivity index (χ0v) is 13.8. The molecule has 21 heavy (non-hydrogen) atoms. The van der Waals surface area contributed by atoms with Crippen molar-refractivity contribution in [3.05, 3.63) is 42.5 Å². The third-order valence-corrected chi connectivity index (χ3v) is 6.23. The van der Waals surface area contributed by atoms with Crippen LogP contribution in [0.5, 0.6) is 0 Å². The number of aryl methyl sites for hydroxylation is 1. The molecule has 1 fully saturated rings. The first kappa shape index (κ1) is 16.2. The summed E-state index contributed by atoms with van der Waals surface area (Å²) in [5, 5.41) is 0. The summed E-state index contributed by atoms with van der Waals surface area (Å²) in [5.41, 5.74) is 1.07. The van der Waals surface area contributed by atoms with Gasteiger partial charge >= 0.3 is 0 Å². The lowest BCUT2D eigenvalue weighted by Crippen LogP contribution is -2.40. The molecule has 4 heteroatoms. The maximum Gasteiger partial charge on any atom is 0.243 e. The van der Waals surface area contributed by atoms with Crippen molar-refractivity contribution in [1.82, 2.24) is 4.31 Å². The largest absolute Gasteiger partial charge is 0.243 e. The molecule has 1 saturated heterocycles. The number of hydrogen-bond donors (Lipinski definition) is 0. The van der Waals surface area contributed by atoms with Crippen LogP contribution in [0.2, 0.25) is 0 Å². The molecule has 2 atom stereocenters. The van der Waals surface area contributed by atoms with E-state index in [1.165, 1.54) is 0 Å². The number of unbranched alkanes of at least 4 members (excludes halogenated alkanes) is 1. The van der Waals surface area contributed by atoms with Crippen LogP contribution in [0.3, 0.4) is 0 Å². The summed E-state index contributed by atoms with van der Waals surface area (Å²) in [7, 11) is -3.43. The molecule has 0 radical (unpaired) electrons. The minimum absolute atomic E-state index is 0.0711. The Bertz CT molecular complexity index is 577. The van der Waals surface area contributed by atoms with Crippen LogP contribution >= 0.6 is 0 Å². The van der Waals surface area contributed by atoms with Gasteiger partial charge in [0.25, 0.3) is 0 Å². The fourth-order valence-corrected chi connectivity index (χ4v) is 4.90. The zero-order chi connectivity index (χ0) is 15.5. The second-order valence-electron chi connectivity index (χ2n) is 5.82. The molecule has 1 aliphatic heterocycles. The van der Waals surface area contributed by atoms with Crippen molar-refractivity contribution in [2.45, 2.75) is 62.9 Å². The van der Waals surface area contributed by atoms with Crippen LogP contribution in [0.25, 0.3) is 0 Å². The van der Waals surface area contributed by atoms with Crippen LogP contribution in [0.4, 0.5) is 0 Å². The molecule has 2 rings (SSSR count). The summed E-state index contributed by atoms with van der Waals surface area (Å²) in [4.78, 5) is 0.392. The third-order valence-electron chi connectivity index (χ3n) is 4.24. The molecular weight excluding hydrogens is 282 g/mol. The summed E-state index contributed by atoms with van der Waals surface area (Å²) >= 11 is 0. The van der Waals surface area contributed by atoms with E-state index < -0.39 is 10.0 Å². The molecular formula is C17H25NO2S. The van der Waals surface area contributed by atoms with Crippen LogP contribution in [0, 0.1) is 6.92 Å². The Kier molecular flexibility index (Phi) is 5.22. The van der Waals surface area contributed by atoms with Gasteiger partial charge in [0.15, 0.2) is 0 Å². The predicted octanol–water partition coefficient (Wildman–Crippen LogP) is 3.89. The molecule has 0 unspecified atom stereocenters. The molecule has 0 aromatic heterocycles. The molecule has 0 amide bonds. The Morgan fingerprint density at radius 2 is 1.95 bits per heavy atom. The molecule has 1 aliphatic rings. The Labute approximate surface area is 128 Å². The summed E-state index contributed by atoms with van der Waals surface area (Å²) < 4.78 is 27.6. The standard InChI is InChI=1S/C17H25NO2S/c1-4-6-7-16-11-10-15(5-2)18(16)21(19,20)17-12-8-14(3)9-13-17/h5,8-9,12-13,15-16H,2,4,6-7,10-11H2,1,3H3/t15-,16+/m1/s1. The predicted molar refractivity (Wildman–Crippen MR) is 86.7 cm³/mol. The highest BCUT2D eigenvalue weighted by Gasteiger charge is 2.40. The SMILES string of the molecule is C=C[C@@H]1CC[C@H](CCCC)N1S(=O)(=O)c1ccc(C)cc1. The van der Waals surface area contributed by atoms with Crippen molar-refractivity contribution < 1.29 is 8.42 Å². The first-order valence-electron chi connectivity index (χ1n) is 7.73. The van der Waals surface area contributed by atoms with Crippen molar-refractivity contribution in [1.29, 1.82) is 0 Å². The Hall–Kier alpha value is -1.13. The molecule has 0 spiro atoms. The van der Waals surface area contributed by atoms with Gasteiger partial charge < -0.3 is 0 Å². The Morgan fingerprint density at radius 1 is 1.29 bits per heavy atom. The van der Waals surface area contributed by atoms with Crippen molar-refractivity contribution in [2.75, 3.05) is 0 Å². The highest BCUT2D eigenvalue weighted by molar-refractivity contribution is 7.89. The normalized spacial score (nSPS) is 23.3. The van der Waals surface area contributed by atoms with Gasteiger partial charge in [-0.2, -0.15) is 4.31 Å². The van der Waals surface area contributed by atoms with Gasteiger partial charge in [0, 0.05) is 12.1 Å². The average Bonchev–Trinajstić information content (AvgIpc) is 2.89. The van der Waals surface area contributed by atoms with Crippen molar-refractivity contribution >= 4 is 10.0 Å². The Balaban J connectivity index is 2.33. The van der Waals surface area contributed by atoms with E-state index in [0.29, 0.717) is 4.90 Å². The van der Waals surface area contributed by atoms with E-state index in [1.54, 1.807) is 22.5 Å². The highest BCUT2D eigenvalue weighted by atomic mass is 32.2. The number of nitrogens with zero attached hydrogens (tertiary/aromatic N) is 1. The fourth-order valence-electron chi connectivity index (χ4n) is 3.03. The van der Waals surface area contributed by atoms with Gasteiger partial charge in [-0.05, 0) is 38.3 Å². The van der Waals surface area contributed by atoms with Gasteiger partial charge in [0.05, 0.1) is 4.90 Å². The lowest BCUT2D eigenvalue weighted by Gasteiger charge is -2.28. The molecule has 1 aromatic carbocycles. The fraction of sp³-hybridized carbons (Fsp3) is 0.529. The third kappa shape index (κ3) is 3.38. The average molecular weight is 307 g/mol. The number of benzene rings is 1. The molecule has 0 aliphatic carbocycles. The van der Waals surface area contributed by atoms with E-state index in [1.807, 2.05) is 19.1 Å².